The standard InChI is InChI=1S/C17H22N2O2/c1-16(2,3)21-15(20)19-17(18)11-7-10-14(12-17)13-8-5-4-6-9-13/h4-11H,12,18H2,1-3H3,(H,19,20). The van der Waals surface area contributed by atoms with Gasteiger partial charge in [-0.3, -0.25) is 5.32 Å². The van der Waals surface area contributed by atoms with Crippen molar-refractivity contribution in [2.45, 2.75) is 38.5 Å². The first-order valence-electron chi connectivity index (χ1n) is 7.01. The summed E-state index contributed by atoms with van der Waals surface area (Å²) in [6.07, 6.45) is 5.67. The van der Waals surface area contributed by atoms with Gasteiger partial charge in [-0.2, -0.15) is 0 Å². The molecule has 0 aromatic heterocycles. The van der Waals surface area contributed by atoms with Crippen LogP contribution in [0.3, 0.4) is 0 Å². The molecule has 4 heteroatoms. The van der Waals surface area contributed by atoms with Crippen molar-refractivity contribution in [2.24, 2.45) is 5.73 Å². The van der Waals surface area contributed by atoms with Crippen LogP contribution in [0.4, 0.5) is 4.79 Å². The van der Waals surface area contributed by atoms with Gasteiger partial charge in [-0.25, -0.2) is 4.79 Å². The van der Waals surface area contributed by atoms with Crippen molar-refractivity contribution in [2.75, 3.05) is 0 Å². The van der Waals surface area contributed by atoms with Gasteiger partial charge in [0.15, 0.2) is 0 Å². The quantitative estimate of drug-likeness (QED) is 0.820. The van der Waals surface area contributed by atoms with Crippen LogP contribution >= 0.6 is 0 Å². The molecule has 0 radical (unpaired) electrons. The van der Waals surface area contributed by atoms with E-state index in [9.17, 15) is 4.79 Å². The van der Waals surface area contributed by atoms with Crippen LogP contribution in [-0.4, -0.2) is 17.4 Å². The second-order valence-electron chi connectivity index (χ2n) is 6.26. The molecule has 1 aliphatic carbocycles. The predicted molar refractivity (Wildman–Crippen MR) is 84.5 cm³/mol. The number of rotatable bonds is 2. The third kappa shape index (κ3) is 4.46. The van der Waals surface area contributed by atoms with E-state index in [0.717, 1.165) is 11.1 Å². The molecular weight excluding hydrogens is 264 g/mol. The number of carbonyl (C=O) groups is 1. The van der Waals surface area contributed by atoms with E-state index in [-0.39, 0.29) is 0 Å². The molecule has 0 bridgehead atoms. The lowest BCUT2D eigenvalue weighted by Crippen LogP contribution is -2.56. The van der Waals surface area contributed by atoms with Gasteiger partial charge in [0.05, 0.1) is 0 Å². The van der Waals surface area contributed by atoms with Gasteiger partial charge < -0.3 is 10.5 Å². The number of amides is 1. The van der Waals surface area contributed by atoms with Crippen LogP contribution in [0.15, 0.2) is 48.6 Å². The molecule has 1 aliphatic rings. The Labute approximate surface area is 125 Å². The summed E-state index contributed by atoms with van der Waals surface area (Å²) in [4.78, 5) is 11.9. The zero-order valence-corrected chi connectivity index (χ0v) is 12.7. The van der Waals surface area contributed by atoms with Crippen LogP contribution in [0.25, 0.3) is 5.57 Å². The Morgan fingerprint density at radius 2 is 1.95 bits per heavy atom. The number of allylic oxidation sites excluding steroid dienone is 2. The van der Waals surface area contributed by atoms with E-state index in [1.54, 1.807) is 6.08 Å². The van der Waals surface area contributed by atoms with E-state index in [0.29, 0.717) is 6.42 Å². The lowest BCUT2D eigenvalue weighted by Gasteiger charge is -2.32. The molecule has 1 aromatic carbocycles. The van der Waals surface area contributed by atoms with E-state index in [1.165, 1.54) is 0 Å². The lowest BCUT2D eigenvalue weighted by atomic mass is 9.90. The molecule has 1 atom stereocenters. The van der Waals surface area contributed by atoms with Gasteiger partial charge in [-0.15, -0.1) is 0 Å². The van der Waals surface area contributed by atoms with Gasteiger partial charge in [0.2, 0.25) is 0 Å². The Hall–Kier alpha value is -2.07. The Morgan fingerprint density at radius 1 is 1.29 bits per heavy atom. The number of hydrogen-bond acceptors (Lipinski definition) is 3. The van der Waals surface area contributed by atoms with Gasteiger partial charge in [0.25, 0.3) is 0 Å². The molecule has 21 heavy (non-hydrogen) atoms. The normalized spacial score (nSPS) is 21.6. The van der Waals surface area contributed by atoms with E-state index in [4.69, 9.17) is 10.5 Å². The zero-order valence-electron chi connectivity index (χ0n) is 12.7. The highest BCUT2D eigenvalue weighted by molar-refractivity contribution is 5.73. The lowest BCUT2D eigenvalue weighted by molar-refractivity contribution is 0.0481. The number of benzene rings is 1. The van der Waals surface area contributed by atoms with Crippen LogP contribution in [0, 0.1) is 0 Å². The molecule has 1 amide bonds. The maximum atomic E-state index is 11.9. The Morgan fingerprint density at radius 3 is 2.57 bits per heavy atom. The molecule has 0 saturated heterocycles. The number of ether oxygens (including phenoxy) is 1. The summed E-state index contributed by atoms with van der Waals surface area (Å²) in [6, 6.07) is 9.98. The van der Waals surface area contributed by atoms with Gasteiger partial charge >= 0.3 is 6.09 Å². The van der Waals surface area contributed by atoms with Crippen molar-refractivity contribution in [3.05, 3.63) is 54.1 Å². The smallest absolute Gasteiger partial charge is 0.409 e. The molecule has 1 aromatic rings. The number of carbonyl (C=O) groups excluding carboxylic acids is 1. The third-order valence-electron chi connectivity index (χ3n) is 3.05. The molecule has 112 valence electrons. The fourth-order valence-electron chi connectivity index (χ4n) is 2.20. The van der Waals surface area contributed by atoms with Gasteiger partial charge in [0.1, 0.15) is 11.3 Å². The van der Waals surface area contributed by atoms with Crippen LogP contribution in [0.5, 0.6) is 0 Å². The summed E-state index contributed by atoms with van der Waals surface area (Å²) >= 11 is 0. The van der Waals surface area contributed by atoms with Crippen molar-refractivity contribution in [3.8, 4) is 0 Å². The van der Waals surface area contributed by atoms with Gasteiger partial charge in [0, 0.05) is 6.42 Å². The Balaban J connectivity index is 2.07. The van der Waals surface area contributed by atoms with Crippen LogP contribution < -0.4 is 11.1 Å². The molecule has 3 N–H and O–H groups in total. The van der Waals surface area contributed by atoms with E-state index < -0.39 is 17.4 Å². The summed E-state index contributed by atoms with van der Waals surface area (Å²) in [5.41, 5.74) is 6.97. The second kappa shape index (κ2) is 5.74. The molecule has 0 aliphatic heterocycles. The third-order valence-corrected chi connectivity index (χ3v) is 3.05. The fourth-order valence-corrected chi connectivity index (χ4v) is 2.20. The monoisotopic (exact) mass is 286 g/mol. The molecule has 0 heterocycles. The zero-order chi connectivity index (χ0) is 15.5. The first-order chi connectivity index (χ1) is 9.77. The van der Waals surface area contributed by atoms with Gasteiger partial charge in [-0.05, 0) is 38.0 Å². The highest BCUT2D eigenvalue weighted by Gasteiger charge is 2.29. The molecule has 4 nitrogen and oxygen atoms in total. The van der Waals surface area contributed by atoms with Crippen molar-refractivity contribution in [1.29, 1.82) is 0 Å². The maximum Gasteiger partial charge on any atom is 0.409 e. The largest absolute Gasteiger partial charge is 0.444 e. The molecule has 1 unspecified atom stereocenters. The van der Waals surface area contributed by atoms with Crippen LogP contribution in [0.2, 0.25) is 0 Å². The van der Waals surface area contributed by atoms with Crippen LogP contribution in [0.1, 0.15) is 32.8 Å². The summed E-state index contributed by atoms with van der Waals surface area (Å²) in [5, 5.41) is 2.74. The summed E-state index contributed by atoms with van der Waals surface area (Å²) < 4.78 is 5.26. The SMILES string of the molecule is CC(C)(C)OC(=O)NC1(N)C=CC=C(c2ccccc2)C1. The number of nitrogens with two attached hydrogens (primary N) is 1. The van der Waals surface area contributed by atoms with Crippen molar-refractivity contribution < 1.29 is 9.53 Å². The van der Waals surface area contributed by atoms with Gasteiger partial charge in [-0.1, -0.05) is 42.5 Å². The van der Waals surface area contributed by atoms with E-state index >= 15 is 0 Å². The van der Waals surface area contributed by atoms with Crippen molar-refractivity contribution in [3.63, 3.8) is 0 Å². The molecule has 0 spiro atoms. The summed E-state index contributed by atoms with van der Waals surface area (Å²) in [5.74, 6) is 0. The number of hydrogen-bond donors (Lipinski definition) is 2. The van der Waals surface area contributed by atoms with E-state index in [1.807, 2.05) is 63.3 Å². The summed E-state index contributed by atoms with van der Waals surface area (Å²) in [7, 11) is 0. The summed E-state index contributed by atoms with van der Waals surface area (Å²) in [6.45, 7) is 5.46. The average Bonchev–Trinajstić information content (AvgIpc) is 2.36. The minimum Gasteiger partial charge on any atom is -0.444 e. The Kier molecular flexibility index (Phi) is 4.19. The van der Waals surface area contributed by atoms with Crippen LogP contribution in [-0.2, 0) is 4.74 Å². The first-order valence-corrected chi connectivity index (χ1v) is 7.01. The highest BCUT2D eigenvalue weighted by atomic mass is 16.6. The molecule has 0 fully saturated rings. The average molecular weight is 286 g/mol. The van der Waals surface area contributed by atoms with Crippen molar-refractivity contribution in [1.82, 2.24) is 5.32 Å². The van der Waals surface area contributed by atoms with E-state index in [2.05, 4.69) is 5.32 Å². The fraction of sp³-hybridized carbons (Fsp3) is 0.353. The Bertz CT molecular complexity index is 570. The molecule has 0 saturated carbocycles. The minimum absolute atomic E-state index is 0.510. The van der Waals surface area contributed by atoms with Crippen molar-refractivity contribution >= 4 is 11.7 Å². The molecule has 2 rings (SSSR count). The predicted octanol–water partition coefficient (Wildman–Crippen LogP) is 3.21. The highest BCUT2D eigenvalue weighted by Crippen LogP contribution is 2.27. The maximum absolute atomic E-state index is 11.9. The topological polar surface area (TPSA) is 64.3 Å². The number of alkyl carbamates (subject to hydrolysis) is 1. The minimum atomic E-state index is -0.928. The number of nitrogens with one attached hydrogen (secondary N) is 1. The first kappa shape index (κ1) is 15.3. The second-order valence-corrected chi connectivity index (χ2v) is 6.26. The molecular formula is C17H22N2O2.